The Labute approximate surface area is 177 Å². The summed E-state index contributed by atoms with van der Waals surface area (Å²) in [6, 6.07) is 7.62. The molecule has 1 fully saturated rings. The topological polar surface area (TPSA) is 105 Å². The zero-order valence-electron chi connectivity index (χ0n) is 16.9. The van der Waals surface area contributed by atoms with Crippen LogP contribution >= 0.6 is 0 Å². The highest BCUT2D eigenvalue weighted by atomic mass is 19.1. The lowest BCUT2D eigenvalue weighted by atomic mass is 10.0. The Morgan fingerprint density at radius 1 is 1.26 bits per heavy atom. The summed E-state index contributed by atoms with van der Waals surface area (Å²) in [7, 11) is 0. The molecule has 0 saturated carbocycles. The normalized spacial score (nSPS) is 17.5. The molecule has 0 bridgehead atoms. The fourth-order valence-corrected chi connectivity index (χ4v) is 4.12. The van der Waals surface area contributed by atoms with Crippen molar-refractivity contribution in [3.8, 4) is 17.1 Å². The van der Waals surface area contributed by atoms with E-state index in [1.54, 1.807) is 28.5 Å². The third kappa shape index (κ3) is 3.59. The van der Waals surface area contributed by atoms with E-state index in [-0.39, 0.29) is 17.6 Å². The summed E-state index contributed by atoms with van der Waals surface area (Å²) >= 11 is 0. The number of hydrogen-bond acceptors (Lipinski definition) is 7. The third-order valence-electron chi connectivity index (χ3n) is 5.50. The van der Waals surface area contributed by atoms with Crippen molar-refractivity contribution in [1.82, 2.24) is 29.6 Å². The van der Waals surface area contributed by atoms with Crippen LogP contribution in [0.4, 0.5) is 10.2 Å². The molecule has 3 aromatic heterocycles. The van der Waals surface area contributed by atoms with Crippen LogP contribution in [0.25, 0.3) is 17.0 Å². The number of aliphatic hydroxyl groups is 1. The first kappa shape index (κ1) is 19.4. The maximum atomic E-state index is 13.8. The van der Waals surface area contributed by atoms with Crippen molar-refractivity contribution in [2.24, 2.45) is 0 Å². The molecular weight excluding hydrogens is 401 g/mol. The molecule has 1 aliphatic rings. The lowest BCUT2D eigenvalue weighted by Gasteiger charge is -2.26. The van der Waals surface area contributed by atoms with E-state index < -0.39 is 6.10 Å². The van der Waals surface area contributed by atoms with Crippen molar-refractivity contribution in [3.05, 3.63) is 54.1 Å². The van der Waals surface area contributed by atoms with Gasteiger partial charge in [0.1, 0.15) is 28.8 Å². The summed E-state index contributed by atoms with van der Waals surface area (Å²) < 4.78 is 17.1. The summed E-state index contributed by atoms with van der Waals surface area (Å²) in [6.07, 6.45) is 4.59. The minimum Gasteiger partial charge on any atom is -0.508 e. The van der Waals surface area contributed by atoms with Gasteiger partial charge in [0, 0.05) is 12.1 Å². The standard InChI is InChI=1S/C21H22FN7O2/c1-13(30)11-27-12-16(24-26-27)18-10-23-20-6-7-21(25-29(18)20)28-8-2-3-17(28)15-9-14(22)4-5-19(15)31/h4-7,9-10,12-13,17,30-31H,2-3,8,11H2,1H3/t13-,17-/m1/s1. The van der Waals surface area contributed by atoms with Gasteiger partial charge in [-0.05, 0) is 50.1 Å². The number of hydrogen-bond donors (Lipinski definition) is 2. The summed E-state index contributed by atoms with van der Waals surface area (Å²) in [5.74, 6) is 0.409. The number of imidazole rings is 1. The van der Waals surface area contributed by atoms with Gasteiger partial charge < -0.3 is 15.1 Å². The van der Waals surface area contributed by atoms with Crippen molar-refractivity contribution < 1.29 is 14.6 Å². The van der Waals surface area contributed by atoms with E-state index in [0.717, 1.165) is 19.4 Å². The average molecular weight is 423 g/mol. The first-order valence-electron chi connectivity index (χ1n) is 10.2. The molecule has 10 heteroatoms. The molecule has 4 aromatic rings. The Morgan fingerprint density at radius 2 is 2.13 bits per heavy atom. The van der Waals surface area contributed by atoms with Crippen LogP contribution in [0.3, 0.4) is 0 Å². The van der Waals surface area contributed by atoms with E-state index in [1.807, 2.05) is 12.1 Å². The van der Waals surface area contributed by atoms with Crippen molar-refractivity contribution in [3.63, 3.8) is 0 Å². The fourth-order valence-electron chi connectivity index (χ4n) is 4.12. The van der Waals surface area contributed by atoms with Crippen LogP contribution in [0.15, 0.2) is 42.7 Å². The Hall–Kier alpha value is -3.53. The van der Waals surface area contributed by atoms with Crippen LogP contribution in [0.5, 0.6) is 5.75 Å². The smallest absolute Gasteiger partial charge is 0.154 e. The molecule has 2 atom stereocenters. The predicted octanol–water partition coefficient (Wildman–Crippen LogP) is 2.55. The maximum absolute atomic E-state index is 13.8. The van der Waals surface area contributed by atoms with Gasteiger partial charge in [-0.25, -0.2) is 18.6 Å². The molecule has 31 heavy (non-hydrogen) atoms. The second-order valence-corrected chi connectivity index (χ2v) is 7.83. The molecule has 0 amide bonds. The lowest BCUT2D eigenvalue weighted by molar-refractivity contribution is 0.167. The van der Waals surface area contributed by atoms with Gasteiger partial charge in [-0.15, -0.1) is 10.2 Å². The number of nitrogens with zero attached hydrogens (tertiary/aromatic N) is 7. The number of fused-ring (bicyclic) bond motifs is 1. The van der Waals surface area contributed by atoms with Gasteiger partial charge >= 0.3 is 0 Å². The van der Waals surface area contributed by atoms with Gasteiger partial charge in [-0.3, -0.25) is 0 Å². The largest absolute Gasteiger partial charge is 0.508 e. The molecule has 1 saturated heterocycles. The van der Waals surface area contributed by atoms with E-state index >= 15 is 0 Å². The second kappa shape index (κ2) is 7.62. The van der Waals surface area contributed by atoms with Gasteiger partial charge in [0.15, 0.2) is 5.65 Å². The Balaban J connectivity index is 1.51. The number of phenols is 1. The number of anilines is 1. The quantitative estimate of drug-likeness (QED) is 0.508. The summed E-state index contributed by atoms with van der Waals surface area (Å²) in [6.45, 7) is 2.77. The van der Waals surface area contributed by atoms with Crippen LogP contribution < -0.4 is 4.90 Å². The number of aromatic hydroxyl groups is 1. The molecule has 2 N–H and O–H groups in total. The van der Waals surface area contributed by atoms with Crippen molar-refractivity contribution in [2.75, 3.05) is 11.4 Å². The lowest BCUT2D eigenvalue weighted by Crippen LogP contribution is -2.24. The first-order valence-corrected chi connectivity index (χ1v) is 10.2. The van der Waals surface area contributed by atoms with E-state index in [2.05, 4.69) is 20.2 Å². The van der Waals surface area contributed by atoms with Gasteiger partial charge in [0.05, 0.1) is 31.1 Å². The molecule has 1 aromatic carbocycles. The zero-order valence-corrected chi connectivity index (χ0v) is 16.9. The third-order valence-corrected chi connectivity index (χ3v) is 5.50. The predicted molar refractivity (Wildman–Crippen MR) is 111 cm³/mol. The summed E-state index contributed by atoms with van der Waals surface area (Å²) in [5, 5.41) is 32.9. The van der Waals surface area contributed by atoms with Crippen LogP contribution in [0, 0.1) is 5.82 Å². The molecular formula is C21H22FN7O2. The minimum atomic E-state index is -0.534. The van der Waals surface area contributed by atoms with Gasteiger partial charge in [-0.2, -0.15) is 0 Å². The van der Waals surface area contributed by atoms with Crippen LogP contribution in [0.1, 0.15) is 31.4 Å². The van der Waals surface area contributed by atoms with E-state index in [9.17, 15) is 14.6 Å². The number of phenolic OH excluding ortho intramolecular Hbond substituents is 1. The van der Waals surface area contributed by atoms with Crippen LogP contribution in [-0.2, 0) is 6.54 Å². The molecule has 5 rings (SSSR count). The molecule has 160 valence electrons. The van der Waals surface area contributed by atoms with Crippen molar-refractivity contribution in [1.29, 1.82) is 0 Å². The van der Waals surface area contributed by atoms with Gasteiger partial charge in [0.25, 0.3) is 0 Å². The number of halogens is 1. The Bertz CT molecular complexity index is 1240. The van der Waals surface area contributed by atoms with E-state index in [0.29, 0.717) is 35.0 Å². The molecule has 9 nitrogen and oxygen atoms in total. The molecule has 0 unspecified atom stereocenters. The van der Waals surface area contributed by atoms with Crippen molar-refractivity contribution >= 4 is 11.5 Å². The highest BCUT2D eigenvalue weighted by Gasteiger charge is 2.30. The Kier molecular flexibility index (Phi) is 4.78. The number of aliphatic hydroxyl groups excluding tert-OH is 1. The molecule has 4 heterocycles. The monoisotopic (exact) mass is 423 g/mol. The highest BCUT2D eigenvalue weighted by molar-refractivity contribution is 5.60. The molecule has 0 aliphatic carbocycles. The van der Waals surface area contributed by atoms with Crippen LogP contribution in [0.2, 0.25) is 0 Å². The minimum absolute atomic E-state index is 0.0809. The summed E-state index contributed by atoms with van der Waals surface area (Å²) in [5.41, 5.74) is 2.50. The fraction of sp³-hybridized carbons (Fsp3) is 0.333. The van der Waals surface area contributed by atoms with E-state index in [4.69, 9.17) is 5.10 Å². The molecule has 0 radical (unpaired) electrons. The number of benzene rings is 1. The number of rotatable bonds is 5. The SMILES string of the molecule is C[C@@H](O)Cn1cc(-c2cnc3ccc(N4CCC[C@@H]4c4cc(F)ccc4O)nn23)nn1. The van der Waals surface area contributed by atoms with Crippen LogP contribution in [-0.4, -0.2) is 52.5 Å². The number of aromatic nitrogens is 6. The molecule has 0 spiro atoms. The Morgan fingerprint density at radius 3 is 2.97 bits per heavy atom. The van der Waals surface area contributed by atoms with E-state index in [1.165, 1.54) is 18.2 Å². The van der Waals surface area contributed by atoms with Gasteiger partial charge in [0.2, 0.25) is 0 Å². The molecule has 1 aliphatic heterocycles. The highest BCUT2D eigenvalue weighted by Crippen LogP contribution is 2.39. The summed E-state index contributed by atoms with van der Waals surface area (Å²) in [4.78, 5) is 6.47. The van der Waals surface area contributed by atoms with Gasteiger partial charge in [-0.1, -0.05) is 5.21 Å². The average Bonchev–Trinajstić information content (AvgIpc) is 3.47. The maximum Gasteiger partial charge on any atom is 0.154 e. The zero-order chi connectivity index (χ0) is 21.5. The first-order chi connectivity index (χ1) is 15.0. The second-order valence-electron chi connectivity index (χ2n) is 7.83. The van der Waals surface area contributed by atoms with Crippen molar-refractivity contribution in [2.45, 2.75) is 38.5 Å².